The molecule has 0 unspecified atom stereocenters. The van der Waals surface area contributed by atoms with E-state index in [0.717, 1.165) is 15.9 Å². The molecule has 0 aliphatic carbocycles. The Bertz CT molecular complexity index is 591. The molecular weight excluding hydrogens is 250 g/mol. The van der Waals surface area contributed by atoms with Crippen molar-refractivity contribution in [1.82, 2.24) is 0 Å². The third-order valence-electron chi connectivity index (χ3n) is 2.67. The number of halogens is 1. The number of phenolic OH excluding ortho intramolecular Hbond substituents is 1. The molecule has 0 fully saturated rings. The van der Waals surface area contributed by atoms with E-state index < -0.39 is 0 Å². The van der Waals surface area contributed by atoms with E-state index in [1.165, 1.54) is 18.3 Å². The van der Waals surface area contributed by atoms with Crippen molar-refractivity contribution in [1.29, 1.82) is 0 Å². The Morgan fingerprint density at radius 3 is 2.50 bits per heavy atom. The maximum Gasteiger partial charge on any atom is 0.216 e. The van der Waals surface area contributed by atoms with Crippen LogP contribution in [0.5, 0.6) is 5.75 Å². The molecule has 0 aliphatic heterocycles. The zero-order valence-corrected chi connectivity index (χ0v) is 10.6. The predicted octanol–water partition coefficient (Wildman–Crippen LogP) is 3.61. The Morgan fingerprint density at radius 1 is 1.17 bits per heavy atom. The molecule has 0 amide bonds. The van der Waals surface area contributed by atoms with Gasteiger partial charge in [0.25, 0.3) is 0 Å². The van der Waals surface area contributed by atoms with Crippen LogP contribution in [0, 0.1) is 12.1 Å². The molecule has 2 rings (SSSR count). The number of nitrogens with zero attached hydrogens (tertiary/aromatic N) is 1. The zero-order chi connectivity index (χ0) is 13.1. The molecule has 2 aromatic carbocycles. The minimum atomic E-state index is 0.131. The molecule has 0 heterocycles. The number of phenols is 1. The minimum absolute atomic E-state index is 0.131. The molecule has 0 bridgehead atoms. The lowest BCUT2D eigenvalue weighted by Crippen LogP contribution is -2.00. The first-order valence-corrected chi connectivity index (χ1v) is 5.81. The van der Waals surface area contributed by atoms with Crippen LogP contribution in [-0.2, 0) is 0 Å². The van der Waals surface area contributed by atoms with E-state index in [0.29, 0.717) is 10.7 Å². The standard InChI is InChI=1S/C14H12ClNO2/c1-10-11(3-2-4-14(10)15)9-16(18)12-5-7-13(17)8-6-12/h2-9,17H,1H3. The van der Waals surface area contributed by atoms with Gasteiger partial charge in [0.15, 0.2) is 6.21 Å². The molecule has 0 saturated heterocycles. The molecule has 0 spiro atoms. The van der Waals surface area contributed by atoms with Crippen molar-refractivity contribution < 1.29 is 9.85 Å². The highest BCUT2D eigenvalue weighted by Crippen LogP contribution is 2.19. The maximum atomic E-state index is 11.9. The highest BCUT2D eigenvalue weighted by atomic mass is 35.5. The quantitative estimate of drug-likeness (QED) is 0.388. The van der Waals surface area contributed by atoms with Gasteiger partial charge in [-0.05, 0) is 36.8 Å². The highest BCUT2D eigenvalue weighted by Gasteiger charge is 2.05. The fourth-order valence-electron chi connectivity index (χ4n) is 1.56. The molecule has 0 aliphatic rings. The van der Waals surface area contributed by atoms with Gasteiger partial charge in [0.2, 0.25) is 5.69 Å². The summed E-state index contributed by atoms with van der Waals surface area (Å²) in [5, 5.41) is 21.7. The number of benzene rings is 2. The number of aromatic hydroxyl groups is 1. The Labute approximate surface area is 110 Å². The molecule has 0 atom stereocenters. The normalized spacial score (nSPS) is 11.6. The molecule has 0 radical (unpaired) electrons. The summed E-state index contributed by atoms with van der Waals surface area (Å²) in [4.78, 5) is 0. The number of hydrogen-bond acceptors (Lipinski definition) is 2. The fourth-order valence-corrected chi connectivity index (χ4v) is 1.75. The summed E-state index contributed by atoms with van der Waals surface area (Å²) in [6.45, 7) is 1.86. The van der Waals surface area contributed by atoms with Crippen molar-refractivity contribution >= 4 is 23.5 Å². The van der Waals surface area contributed by atoms with Crippen LogP contribution in [0.15, 0.2) is 42.5 Å². The Kier molecular flexibility index (Phi) is 3.53. The monoisotopic (exact) mass is 261 g/mol. The molecule has 18 heavy (non-hydrogen) atoms. The van der Waals surface area contributed by atoms with Crippen LogP contribution in [0.25, 0.3) is 0 Å². The van der Waals surface area contributed by atoms with Gasteiger partial charge in [-0.1, -0.05) is 17.7 Å². The van der Waals surface area contributed by atoms with Gasteiger partial charge in [-0.2, -0.15) is 4.74 Å². The molecule has 3 nitrogen and oxygen atoms in total. The summed E-state index contributed by atoms with van der Waals surface area (Å²) < 4.78 is 0.748. The highest BCUT2D eigenvalue weighted by molar-refractivity contribution is 6.31. The lowest BCUT2D eigenvalue weighted by molar-refractivity contribution is -0.354. The Hall–Kier alpha value is -2.00. The van der Waals surface area contributed by atoms with Gasteiger partial charge in [-0.3, -0.25) is 0 Å². The summed E-state index contributed by atoms with van der Waals surface area (Å²) in [6.07, 6.45) is 1.47. The van der Waals surface area contributed by atoms with Crippen LogP contribution in [-0.4, -0.2) is 16.1 Å². The second kappa shape index (κ2) is 5.10. The van der Waals surface area contributed by atoms with Crippen molar-refractivity contribution in [2.45, 2.75) is 6.92 Å². The van der Waals surface area contributed by atoms with Crippen molar-refractivity contribution in [3.63, 3.8) is 0 Å². The minimum Gasteiger partial charge on any atom is -0.618 e. The summed E-state index contributed by atoms with van der Waals surface area (Å²) in [7, 11) is 0. The van der Waals surface area contributed by atoms with Crippen LogP contribution >= 0.6 is 11.6 Å². The summed E-state index contributed by atoms with van der Waals surface area (Å²) >= 11 is 5.99. The predicted molar refractivity (Wildman–Crippen MR) is 72.7 cm³/mol. The molecule has 2 aromatic rings. The number of hydrogen-bond donors (Lipinski definition) is 1. The third kappa shape index (κ3) is 2.63. The number of rotatable bonds is 2. The molecule has 0 saturated carbocycles. The molecule has 0 aromatic heterocycles. The lowest BCUT2D eigenvalue weighted by Gasteiger charge is -2.05. The van der Waals surface area contributed by atoms with Crippen LogP contribution in [0.1, 0.15) is 11.1 Å². The van der Waals surface area contributed by atoms with E-state index in [1.54, 1.807) is 24.3 Å². The first-order valence-electron chi connectivity index (χ1n) is 5.43. The van der Waals surface area contributed by atoms with E-state index in [2.05, 4.69) is 0 Å². The molecule has 92 valence electrons. The largest absolute Gasteiger partial charge is 0.618 e. The summed E-state index contributed by atoms with van der Waals surface area (Å²) in [5.41, 5.74) is 2.08. The van der Waals surface area contributed by atoms with Gasteiger partial charge >= 0.3 is 0 Å². The molecule has 4 heteroatoms. The maximum absolute atomic E-state index is 11.9. The van der Waals surface area contributed by atoms with E-state index >= 15 is 0 Å². The van der Waals surface area contributed by atoms with Crippen LogP contribution in [0.4, 0.5) is 5.69 Å². The van der Waals surface area contributed by atoms with Crippen LogP contribution in [0.3, 0.4) is 0 Å². The molecular formula is C14H12ClNO2. The first kappa shape index (κ1) is 12.5. The van der Waals surface area contributed by atoms with Gasteiger partial charge in [0.05, 0.1) is 0 Å². The summed E-state index contributed by atoms with van der Waals surface area (Å²) in [6, 6.07) is 11.5. The smallest absolute Gasteiger partial charge is 0.216 e. The Balaban J connectivity index is 2.38. The van der Waals surface area contributed by atoms with E-state index in [-0.39, 0.29) is 5.75 Å². The fraction of sp³-hybridized carbons (Fsp3) is 0.0714. The Morgan fingerprint density at radius 2 is 1.83 bits per heavy atom. The van der Waals surface area contributed by atoms with E-state index in [4.69, 9.17) is 16.7 Å². The van der Waals surface area contributed by atoms with Crippen molar-refractivity contribution in [2.24, 2.45) is 0 Å². The summed E-state index contributed by atoms with van der Waals surface area (Å²) in [5.74, 6) is 0.131. The van der Waals surface area contributed by atoms with Crippen molar-refractivity contribution in [3.05, 3.63) is 63.8 Å². The van der Waals surface area contributed by atoms with Gasteiger partial charge < -0.3 is 10.3 Å². The second-order valence-corrected chi connectivity index (χ2v) is 4.33. The second-order valence-electron chi connectivity index (χ2n) is 3.93. The van der Waals surface area contributed by atoms with Gasteiger partial charge in [-0.15, -0.1) is 0 Å². The van der Waals surface area contributed by atoms with Crippen LogP contribution in [0.2, 0.25) is 5.02 Å². The third-order valence-corrected chi connectivity index (χ3v) is 3.08. The van der Waals surface area contributed by atoms with Gasteiger partial charge in [0.1, 0.15) is 5.75 Å². The lowest BCUT2D eigenvalue weighted by atomic mass is 10.1. The zero-order valence-electron chi connectivity index (χ0n) is 9.80. The van der Waals surface area contributed by atoms with E-state index in [1.807, 2.05) is 13.0 Å². The average molecular weight is 262 g/mol. The topological polar surface area (TPSA) is 46.3 Å². The van der Waals surface area contributed by atoms with Crippen molar-refractivity contribution in [2.75, 3.05) is 0 Å². The van der Waals surface area contributed by atoms with Crippen LogP contribution < -0.4 is 0 Å². The molecule has 1 N–H and O–H groups in total. The van der Waals surface area contributed by atoms with Gasteiger partial charge in [0, 0.05) is 22.7 Å². The van der Waals surface area contributed by atoms with E-state index in [9.17, 15) is 5.21 Å². The first-order chi connectivity index (χ1) is 8.58. The van der Waals surface area contributed by atoms with Gasteiger partial charge in [-0.25, -0.2) is 0 Å². The SMILES string of the molecule is Cc1c(Cl)cccc1C=[N+]([O-])c1ccc(O)cc1. The van der Waals surface area contributed by atoms with Crippen molar-refractivity contribution in [3.8, 4) is 5.75 Å². The average Bonchev–Trinajstić information content (AvgIpc) is 2.36.